The predicted molar refractivity (Wildman–Crippen MR) is 78.3 cm³/mol. The summed E-state index contributed by atoms with van der Waals surface area (Å²) in [7, 11) is 0. The second-order valence-electron chi connectivity index (χ2n) is 5.79. The molecule has 0 aromatic carbocycles. The number of rotatable bonds is 3. The van der Waals surface area contributed by atoms with E-state index in [1.54, 1.807) is 11.1 Å². The number of hydrogen-bond acceptors (Lipinski definition) is 6. The number of amides is 1. The van der Waals surface area contributed by atoms with Gasteiger partial charge in [-0.3, -0.25) is 9.78 Å². The van der Waals surface area contributed by atoms with Gasteiger partial charge in [0.05, 0.1) is 6.20 Å². The molecule has 1 amide bonds. The van der Waals surface area contributed by atoms with Crippen LogP contribution in [0.2, 0.25) is 0 Å². The first kappa shape index (κ1) is 14.6. The van der Waals surface area contributed by atoms with Crippen molar-refractivity contribution < 1.29 is 9.21 Å². The van der Waals surface area contributed by atoms with Gasteiger partial charge in [0.1, 0.15) is 5.69 Å². The zero-order valence-electron chi connectivity index (χ0n) is 12.8. The summed E-state index contributed by atoms with van der Waals surface area (Å²) in [5.41, 5.74) is 0.390. The van der Waals surface area contributed by atoms with Crippen molar-refractivity contribution in [3.63, 3.8) is 0 Å². The van der Waals surface area contributed by atoms with E-state index in [0.29, 0.717) is 30.6 Å². The Morgan fingerprint density at radius 2 is 2.05 bits per heavy atom. The normalized spacial score (nSPS) is 16.2. The molecule has 0 saturated carbocycles. The van der Waals surface area contributed by atoms with Crippen LogP contribution in [0, 0.1) is 0 Å². The zero-order valence-corrected chi connectivity index (χ0v) is 12.8. The monoisotopic (exact) mass is 301 g/mol. The summed E-state index contributed by atoms with van der Waals surface area (Å²) in [6.07, 6.45) is 6.25. The average Bonchev–Trinajstić information content (AvgIpc) is 3.05. The van der Waals surface area contributed by atoms with Crippen LogP contribution in [-0.2, 0) is 0 Å². The molecule has 1 aliphatic rings. The summed E-state index contributed by atoms with van der Waals surface area (Å²) < 4.78 is 5.72. The van der Waals surface area contributed by atoms with Gasteiger partial charge in [-0.2, -0.15) is 0 Å². The Kier molecular flexibility index (Phi) is 4.13. The molecule has 7 heteroatoms. The first-order valence-corrected chi connectivity index (χ1v) is 7.53. The van der Waals surface area contributed by atoms with Gasteiger partial charge in [-0.1, -0.05) is 13.8 Å². The molecule has 3 rings (SSSR count). The Balaban J connectivity index is 1.61. The maximum Gasteiger partial charge on any atom is 0.274 e. The quantitative estimate of drug-likeness (QED) is 0.862. The van der Waals surface area contributed by atoms with E-state index in [-0.39, 0.29) is 17.7 Å². The van der Waals surface area contributed by atoms with Crippen LogP contribution < -0.4 is 0 Å². The van der Waals surface area contributed by atoms with Crippen LogP contribution in [-0.4, -0.2) is 44.1 Å². The van der Waals surface area contributed by atoms with Crippen molar-refractivity contribution in [2.45, 2.75) is 38.5 Å². The third kappa shape index (κ3) is 2.98. The number of aromatic nitrogens is 4. The second-order valence-corrected chi connectivity index (χ2v) is 5.79. The third-order valence-corrected chi connectivity index (χ3v) is 3.86. The standard InChI is InChI=1S/C15H19N5O2/c1-10(2)13-18-19-14(22-13)11-3-7-20(8-4-11)15(21)12-9-16-5-6-17-12/h5-6,9-11H,3-4,7-8H2,1-2H3. The Bertz CT molecular complexity index is 632. The SMILES string of the molecule is CC(C)c1nnc(C2CCN(C(=O)c3cnccn3)CC2)o1. The van der Waals surface area contributed by atoms with Crippen molar-refractivity contribution in [2.24, 2.45) is 0 Å². The fourth-order valence-electron chi connectivity index (χ4n) is 2.55. The smallest absolute Gasteiger partial charge is 0.274 e. The van der Waals surface area contributed by atoms with Crippen LogP contribution in [0.25, 0.3) is 0 Å². The number of carbonyl (C=O) groups is 1. The summed E-state index contributed by atoms with van der Waals surface area (Å²) in [4.78, 5) is 22.1. The van der Waals surface area contributed by atoms with Crippen LogP contribution in [0.3, 0.4) is 0 Å². The Morgan fingerprint density at radius 1 is 1.27 bits per heavy atom. The molecular formula is C15H19N5O2. The Labute approximate surface area is 128 Å². The number of hydrogen-bond donors (Lipinski definition) is 0. The van der Waals surface area contributed by atoms with E-state index in [2.05, 4.69) is 20.2 Å². The van der Waals surface area contributed by atoms with Gasteiger partial charge in [-0.05, 0) is 12.8 Å². The third-order valence-electron chi connectivity index (χ3n) is 3.86. The fourth-order valence-corrected chi connectivity index (χ4v) is 2.55. The minimum Gasteiger partial charge on any atom is -0.425 e. The number of carbonyl (C=O) groups excluding carboxylic acids is 1. The van der Waals surface area contributed by atoms with Crippen LogP contribution in [0.4, 0.5) is 0 Å². The lowest BCUT2D eigenvalue weighted by Gasteiger charge is -2.30. The molecule has 0 unspecified atom stereocenters. The molecule has 2 aromatic heterocycles. The fraction of sp³-hybridized carbons (Fsp3) is 0.533. The minimum absolute atomic E-state index is 0.0695. The summed E-state index contributed by atoms with van der Waals surface area (Å²) in [6.45, 7) is 5.39. The molecule has 1 saturated heterocycles. The van der Waals surface area contributed by atoms with E-state index in [1.165, 1.54) is 12.4 Å². The van der Waals surface area contributed by atoms with E-state index in [4.69, 9.17) is 4.42 Å². The first-order valence-electron chi connectivity index (χ1n) is 7.53. The molecule has 0 radical (unpaired) electrons. The van der Waals surface area contributed by atoms with Gasteiger partial charge < -0.3 is 9.32 Å². The number of nitrogens with zero attached hydrogens (tertiary/aromatic N) is 5. The molecule has 116 valence electrons. The van der Waals surface area contributed by atoms with Crippen molar-refractivity contribution in [2.75, 3.05) is 13.1 Å². The first-order chi connectivity index (χ1) is 10.6. The lowest BCUT2D eigenvalue weighted by atomic mass is 9.96. The van der Waals surface area contributed by atoms with Crippen molar-refractivity contribution in [1.29, 1.82) is 0 Å². The van der Waals surface area contributed by atoms with Crippen molar-refractivity contribution >= 4 is 5.91 Å². The predicted octanol–water partition coefficient (Wildman–Crippen LogP) is 2.00. The molecule has 0 atom stereocenters. The highest BCUT2D eigenvalue weighted by Crippen LogP contribution is 2.28. The summed E-state index contributed by atoms with van der Waals surface area (Å²) >= 11 is 0. The van der Waals surface area contributed by atoms with Gasteiger partial charge in [0, 0.05) is 37.3 Å². The highest BCUT2D eigenvalue weighted by atomic mass is 16.4. The molecule has 0 spiro atoms. The highest BCUT2D eigenvalue weighted by molar-refractivity contribution is 5.92. The van der Waals surface area contributed by atoms with E-state index in [1.807, 2.05) is 13.8 Å². The van der Waals surface area contributed by atoms with Crippen molar-refractivity contribution in [3.8, 4) is 0 Å². The maximum absolute atomic E-state index is 12.3. The second kappa shape index (κ2) is 6.21. The van der Waals surface area contributed by atoms with Gasteiger partial charge in [-0.15, -0.1) is 10.2 Å². The van der Waals surface area contributed by atoms with E-state index in [9.17, 15) is 4.79 Å². The zero-order chi connectivity index (χ0) is 15.5. The molecule has 22 heavy (non-hydrogen) atoms. The van der Waals surface area contributed by atoms with Crippen LogP contribution in [0.15, 0.2) is 23.0 Å². The highest BCUT2D eigenvalue weighted by Gasteiger charge is 2.28. The van der Waals surface area contributed by atoms with Gasteiger partial charge in [0.15, 0.2) is 0 Å². The summed E-state index contributed by atoms with van der Waals surface area (Å²) in [6, 6.07) is 0. The molecule has 0 bridgehead atoms. The molecule has 3 heterocycles. The van der Waals surface area contributed by atoms with E-state index < -0.39 is 0 Å². The molecule has 0 N–H and O–H groups in total. The van der Waals surface area contributed by atoms with Gasteiger partial charge in [0.2, 0.25) is 11.8 Å². The molecule has 7 nitrogen and oxygen atoms in total. The Morgan fingerprint density at radius 3 is 2.64 bits per heavy atom. The van der Waals surface area contributed by atoms with Gasteiger partial charge in [-0.25, -0.2) is 4.98 Å². The minimum atomic E-state index is -0.0695. The van der Waals surface area contributed by atoms with Crippen molar-refractivity contribution in [3.05, 3.63) is 36.1 Å². The Hall–Kier alpha value is -2.31. The van der Waals surface area contributed by atoms with Crippen molar-refractivity contribution in [1.82, 2.24) is 25.1 Å². The molecule has 0 aliphatic carbocycles. The maximum atomic E-state index is 12.3. The van der Waals surface area contributed by atoms with Gasteiger partial charge in [0.25, 0.3) is 5.91 Å². The van der Waals surface area contributed by atoms with Crippen LogP contribution >= 0.6 is 0 Å². The van der Waals surface area contributed by atoms with Crippen LogP contribution in [0.1, 0.15) is 60.8 Å². The topological polar surface area (TPSA) is 85.0 Å². The number of piperidine rings is 1. The van der Waals surface area contributed by atoms with Gasteiger partial charge >= 0.3 is 0 Å². The summed E-state index contributed by atoms with van der Waals surface area (Å²) in [5, 5.41) is 8.22. The van der Waals surface area contributed by atoms with E-state index in [0.717, 1.165) is 12.8 Å². The largest absolute Gasteiger partial charge is 0.425 e. The molecule has 1 aliphatic heterocycles. The lowest BCUT2D eigenvalue weighted by molar-refractivity contribution is 0.0699. The molecular weight excluding hydrogens is 282 g/mol. The number of likely N-dealkylation sites (tertiary alicyclic amines) is 1. The lowest BCUT2D eigenvalue weighted by Crippen LogP contribution is -2.38. The average molecular weight is 301 g/mol. The molecule has 1 fully saturated rings. The summed E-state index contributed by atoms with van der Waals surface area (Å²) in [5.74, 6) is 1.76. The van der Waals surface area contributed by atoms with Crippen LogP contribution in [0.5, 0.6) is 0 Å². The molecule has 2 aromatic rings. The van der Waals surface area contributed by atoms with E-state index >= 15 is 0 Å².